The third kappa shape index (κ3) is 4.87. The fraction of sp³-hybridized carbons (Fsp3) is 0.214. The average Bonchev–Trinajstić information content (AvgIpc) is 3.22. The Hall–Kier alpha value is -3.82. The first-order valence-electron chi connectivity index (χ1n) is 11.8. The van der Waals surface area contributed by atoms with E-state index in [-0.39, 0.29) is 19.1 Å². The van der Waals surface area contributed by atoms with E-state index in [2.05, 4.69) is 4.98 Å². The van der Waals surface area contributed by atoms with Crippen LogP contribution in [0.1, 0.15) is 27.0 Å². The van der Waals surface area contributed by atoms with E-state index >= 15 is 0 Å². The summed E-state index contributed by atoms with van der Waals surface area (Å²) in [6.45, 7) is 0.734. The third-order valence-electron chi connectivity index (χ3n) is 6.58. The number of hydrogen-bond donors (Lipinski definition) is 0. The van der Waals surface area contributed by atoms with E-state index in [0.717, 1.165) is 23.1 Å². The summed E-state index contributed by atoms with van der Waals surface area (Å²) in [4.78, 5) is 20.1. The van der Waals surface area contributed by atoms with Gasteiger partial charge in [0.25, 0.3) is 5.91 Å². The first kappa shape index (κ1) is 25.8. The van der Waals surface area contributed by atoms with Gasteiger partial charge in [-0.15, -0.1) is 0 Å². The molecule has 0 spiro atoms. The summed E-state index contributed by atoms with van der Waals surface area (Å²) in [5.74, 6) is 0.805. The molecule has 4 aromatic rings. The van der Waals surface area contributed by atoms with E-state index in [1.54, 1.807) is 42.5 Å². The molecule has 3 aromatic carbocycles. The van der Waals surface area contributed by atoms with Crippen LogP contribution in [-0.2, 0) is 29.7 Å². The second-order valence-electron chi connectivity index (χ2n) is 9.09. The third-order valence-corrected chi connectivity index (χ3v) is 8.01. The predicted octanol–water partition coefficient (Wildman–Crippen LogP) is 5.03. The number of rotatable bonds is 8. The van der Waals surface area contributed by atoms with Gasteiger partial charge in [-0.2, -0.15) is 0 Å². The fourth-order valence-corrected chi connectivity index (χ4v) is 5.26. The molecule has 0 radical (unpaired) electrons. The minimum absolute atomic E-state index is 0.188. The van der Waals surface area contributed by atoms with Crippen LogP contribution in [0.5, 0.6) is 11.5 Å². The molecule has 38 heavy (non-hydrogen) atoms. The maximum atomic E-state index is 13.9. The summed E-state index contributed by atoms with van der Waals surface area (Å²) in [6.07, 6.45) is 2.74. The first-order chi connectivity index (χ1) is 18.2. The Balaban J connectivity index is 1.63. The van der Waals surface area contributed by atoms with Crippen LogP contribution in [-0.4, -0.2) is 44.6 Å². The molecular weight excluding hydrogens is 526 g/mol. The molecule has 1 aromatic heterocycles. The van der Waals surface area contributed by atoms with Crippen molar-refractivity contribution >= 4 is 44.1 Å². The predicted molar refractivity (Wildman–Crippen MR) is 147 cm³/mol. The lowest BCUT2D eigenvalue weighted by molar-refractivity contribution is 0.0763. The molecule has 0 saturated carbocycles. The Morgan fingerprint density at radius 2 is 1.74 bits per heavy atom. The van der Waals surface area contributed by atoms with Gasteiger partial charge in [0.2, 0.25) is 10.0 Å². The number of aromatic nitrogens is 1. The highest BCUT2D eigenvalue weighted by Gasteiger charge is 2.37. The van der Waals surface area contributed by atoms with E-state index in [1.165, 1.54) is 11.4 Å². The Bertz CT molecular complexity index is 1620. The molecule has 0 saturated heterocycles. The fourth-order valence-electron chi connectivity index (χ4n) is 4.60. The highest BCUT2D eigenvalue weighted by molar-refractivity contribution is 7.92. The monoisotopic (exact) mass is 551 g/mol. The molecule has 10 heteroatoms. The number of pyridine rings is 1. The number of anilines is 1. The van der Waals surface area contributed by atoms with Crippen LogP contribution < -0.4 is 13.8 Å². The lowest BCUT2D eigenvalue weighted by Gasteiger charge is -2.23. The molecule has 0 fully saturated rings. The quantitative estimate of drug-likeness (QED) is 0.305. The number of hydrogen-bond acceptors (Lipinski definition) is 6. The van der Waals surface area contributed by atoms with Crippen molar-refractivity contribution in [1.82, 2.24) is 9.88 Å². The Morgan fingerprint density at radius 1 is 1.05 bits per heavy atom. The largest absolute Gasteiger partial charge is 0.497 e. The summed E-state index contributed by atoms with van der Waals surface area (Å²) in [5, 5.41) is 1.19. The second-order valence-corrected chi connectivity index (χ2v) is 11.5. The minimum atomic E-state index is -3.63. The van der Waals surface area contributed by atoms with Crippen LogP contribution in [0.15, 0.2) is 66.9 Å². The Labute approximate surface area is 226 Å². The van der Waals surface area contributed by atoms with Crippen molar-refractivity contribution in [2.75, 3.05) is 24.7 Å². The van der Waals surface area contributed by atoms with Gasteiger partial charge in [-0.3, -0.25) is 14.1 Å². The van der Waals surface area contributed by atoms with Gasteiger partial charge in [0.15, 0.2) is 5.75 Å². The number of halogens is 1. The maximum Gasteiger partial charge on any atom is 0.258 e. The Kier molecular flexibility index (Phi) is 6.90. The van der Waals surface area contributed by atoms with Crippen molar-refractivity contribution < 1.29 is 22.7 Å². The molecule has 0 atom stereocenters. The highest BCUT2D eigenvalue weighted by Crippen LogP contribution is 2.45. The molecular formula is C28H26ClN3O5S. The number of nitrogens with zero attached hydrogens (tertiary/aromatic N) is 3. The number of sulfonamides is 1. The van der Waals surface area contributed by atoms with Gasteiger partial charge in [0.1, 0.15) is 17.9 Å². The zero-order chi connectivity index (χ0) is 27.0. The minimum Gasteiger partial charge on any atom is -0.497 e. The molecule has 0 aliphatic carbocycles. The maximum absolute atomic E-state index is 13.9. The van der Waals surface area contributed by atoms with Crippen LogP contribution in [0.25, 0.3) is 10.9 Å². The second kappa shape index (κ2) is 10.2. The number of ether oxygens (including phenoxy) is 2. The summed E-state index contributed by atoms with van der Waals surface area (Å²) in [5.41, 5.74) is 3.54. The molecule has 0 N–H and O–H groups in total. The topological polar surface area (TPSA) is 89.0 Å². The zero-order valence-electron chi connectivity index (χ0n) is 21.1. The van der Waals surface area contributed by atoms with Gasteiger partial charge in [0, 0.05) is 42.3 Å². The molecule has 0 unspecified atom stereocenters. The molecule has 196 valence electrons. The Morgan fingerprint density at radius 3 is 2.39 bits per heavy atom. The number of carbonyl (C=O) groups excluding carboxylic acids is 1. The lowest BCUT2D eigenvalue weighted by atomic mass is 10.0. The first-order valence-corrected chi connectivity index (χ1v) is 14.1. The van der Waals surface area contributed by atoms with Gasteiger partial charge in [-0.05, 0) is 47.5 Å². The van der Waals surface area contributed by atoms with Gasteiger partial charge in [-0.25, -0.2) is 8.42 Å². The van der Waals surface area contributed by atoms with Crippen molar-refractivity contribution in [3.05, 3.63) is 94.1 Å². The highest BCUT2D eigenvalue weighted by atomic mass is 35.5. The van der Waals surface area contributed by atoms with Gasteiger partial charge >= 0.3 is 0 Å². The average molecular weight is 552 g/mol. The lowest BCUT2D eigenvalue weighted by Crippen LogP contribution is -2.26. The summed E-state index contributed by atoms with van der Waals surface area (Å²) in [6, 6.07) is 18.2. The van der Waals surface area contributed by atoms with Crippen molar-refractivity contribution in [3.8, 4) is 11.5 Å². The zero-order valence-corrected chi connectivity index (χ0v) is 22.7. The van der Waals surface area contributed by atoms with E-state index in [4.69, 9.17) is 21.1 Å². The molecule has 5 rings (SSSR count). The molecule has 8 nitrogen and oxygen atoms in total. The normalized spacial score (nSPS) is 13.1. The smallest absolute Gasteiger partial charge is 0.258 e. The number of methoxy groups -OCH3 is 1. The number of fused-ring (bicyclic) bond motifs is 2. The van der Waals surface area contributed by atoms with Crippen molar-refractivity contribution in [3.63, 3.8) is 0 Å². The molecule has 0 bridgehead atoms. The number of benzene rings is 3. The summed E-state index contributed by atoms with van der Waals surface area (Å²) >= 11 is 6.04. The van der Waals surface area contributed by atoms with Crippen LogP contribution >= 0.6 is 11.6 Å². The molecule has 1 amide bonds. The van der Waals surface area contributed by atoms with E-state index in [1.807, 2.05) is 36.4 Å². The van der Waals surface area contributed by atoms with Crippen LogP contribution in [0.4, 0.5) is 5.69 Å². The van der Waals surface area contributed by atoms with Gasteiger partial charge < -0.3 is 14.4 Å². The van der Waals surface area contributed by atoms with E-state index in [0.29, 0.717) is 45.0 Å². The molecule has 1 aliphatic rings. The van der Waals surface area contributed by atoms with Gasteiger partial charge in [-0.1, -0.05) is 35.9 Å². The number of carbonyl (C=O) groups is 1. The van der Waals surface area contributed by atoms with Crippen LogP contribution in [0.2, 0.25) is 5.02 Å². The van der Waals surface area contributed by atoms with Crippen molar-refractivity contribution in [2.45, 2.75) is 19.7 Å². The summed E-state index contributed by atoms with van der Waals surface area (Å²) < 4.78 is 38.1. The van der Waals surface area contributed by atoms with Crippen LogP contribution in [0.3, 0.4) is 0 Å². The van der Waals surface area contributed by atoms with Gasteiger partial charge in [0.05, 0.1) is 24.6 Å². The van der Waals surface area contributed by atoms with Crippen molar-refractivity contribution in [1.29, 1.82) is 0 Å². The van der Waals surface area contributed by atoms with E-state index in [9.17, 15) is 13.2 Å². The van der Waals surface area contributed by atoms with E-state index < -0.39 is 10.0 Å². The molecule has 1 aliphatic heterocycles. The standard InChI is InChI=1S/C28H26ClN3O5S/c1-31(38(3,34)35)26-22-5-4-14-30-25(22)27(37-17-19-8-12-21(36-2)13-9-19)24-23(26)16-32(28(24)33)15-18-6-10-20(29)11-7-18/h4-14H,15-17H2,1-3H3. The number of amides is 1. The van der Waals surface area contributed by atoms with Crippen LogP contribution in [0, 0.1) is 0 Å². The molecule has 2 heterocycles. The SMILES string of the molecule is COc1ccc(COc2c3c(c(N(C)S(C)(=O)=O)c4cccnc24)CN(Cc2ccc(Cl)cc2)C3=O)cc1. The summed E-state index contributed by atoms with van der Waals surface area (Å²) in [7, 11) is -0.546. The van der Waals surface area contributed by atoms with Crippen molar-refractivity contribution in [2.24, 2.45) is 0 Å².